The maximum atomic E-state index is 14.6. The number of benzene rings is 3. The van der Waals surface area contributed by atoms with Crippen LogP contribution in [0.5, 0.6) is 11.5 Å². The molecule has 2 saturated heterocycles. The molecule has 4 N–H and O–H groups in total. The van der Waals surface area contributed by atoms with Crippen LogP contribution in [0.4, 0.5) is 8.78 Å². The number of aromatic nitrogens is 3. The van der Waals surface area contributed by atoms with Gasteiger partial charge in [0, 0.05) is 44.0 Å². The van der Waals surface area contributed by atoms with E-state index in [2.05, 4.69) is 26.3 Å². The first-order valence-corrected chi connectivity index (χ1v) is 19.1. The zero-order valence-corrected chi connectivity index (χ0v) is 32.4. The second kappa shape index (κ2) is 17.3. The van der Waals surface area contributed by atoms with Crippen molar-refractivity contribution >= 4 is 29.4 Å². The summed E-state index contributed by atoms with van der Waals surface area (Å²) in [6.45, 7) is -0.696. The normalized spacial score (nSPS) is 19.9. The maximum Gasteiger partial charge on any atom is 0.289 e. The smallest absolute Gasteiger partial charge is 0.289 e. The third-order valence-corrected chi connectivity index (χ3v) is 10.9. The van der Waals surface area contributed by atoms with E-state index in [1.54, 1.807) is 27.8 Å². The van der Waals surface area contributed by atoms with E-state index in [4.69, 9.17) is 9.47 Å². The topological polar surface area (TPSA) is 197 Å². The summed E-state index contributed by atoms with van der Waals surface area (Å²) in [6.07, 6.45) is -0.698. The number of halogens is 2. The highest BCUT2D eigenvalue weighted by Gasteiger charge is 2.51. The number of aliphatic hydroxyl groups is 1. The molecule has 7 rings (SSSR count). The number of rotatable bonds is 15. The third kappa shape index (κ3) is 9.23. The first kappa shape index (κ1) is 40.9. The van der Waals surface area contributed by atoms with Crippen LogP contribution in [0.2, 0.25) is 0 Å². The molecule has 310 valence electrons. The van der Waals surface area contributed by atoms with Crippen LogP contribution in [0.25, 0.3) is 11.3 Å². The number of Topliss-reactive ketones (excluding diaryl/α,β-unsaturated/α-hetero) is 1. The van der Waals surface area contributed by atoms with Crippen molar-refractivity contribution in [2.75, 3.05) is 27.3 Å². The molecule has 3 aliphatic heterocycles. The molecule has 18 heteroatoms. The number of ketones is 1. The molecule has 0 saturated carbocycles. The molecular formula is C41H44F2N8O8. The molecule has 3 unspecified atom stereocenters. The molecule has 0 aliphatic carbocycles. The molecule has 4 aromatic rings. The number of ether oxygens (including phenoxy) is 2. The van der Waals surface area contributed by atoms with Crippen molar-refractivity contribution in [2.24, 2.45) is 5.92 Å². The van der Waals surface area contributed by atoms with E-state index in [1.807, 2.05) is 54.7 Å². The van der Waals surface area contributed by atoms with Gasteiger partial charge in [0.05, 0.1) is 46.1 Å². The van der Waals surface area contributed by atoms with E-state index in [0.29, 0.717) is 41.6 Å². The van der Waals surface area contributed by atoms with Crippen LogP contribution in [0.1, 0.15) is 41.5 Å². The molecule has 1 aromatic heterocycles. The Morgan fingerprint density at radius 2 is 1.78 bits per heavy atom. The predicted molar refractivity (Wildman–Crippen MR) is 205 cm³/mol. The highest BCUT2D eigenvalue weighted by Crippen LogP contribution is 2.33. The Balaban J connectivity index is 0.889. The summed E-state index contributed by atoms with van der Waals surface area (Å²) in [5, 5.41) is 27.1. The Kier molecular flexibility index (Phi) is 12.0. The highest BCUT2D eigenvalue weighted by atomic mass is 19.3. The number of methoxy groups -OCH3 is 2. The van der Waals surface area contributed by atoms with Gasteiger partial charge in [-0.3, -0.25) is 29.3 Å². The van der Waals surface area contributed by atoms with E-state index in [-0.39, 0.29) is 25.3 Å². The fraction of sp³-hybridized carbons (Fsp3) is 0.390. The van der Waals surface area contributed by atoms with E-state index >= 15 is 0 Å². The Labute approximate surface area is 337 Å². The SMILES string of the molecule is COc1ccc(CNC(=O)C(=O)C2CC(F)(F)CN2C(=O)CNC(O)C2C[C@@H](CC(=O)N3Cc4cccc(Cn5cc(-c6ccccc6)nn5)c4C3)C(=O)N2)cc1OC. The van der Waals surface area contributed by atoms with Crippen LogP contribution in [-0.2, 0) is 50.2 Å². The molecule has 3 aliphatic rings. The predicted octanol–water partition coefficient (Wildman–Crippen LogP) is 1.78. The number of carbonyl (C=O) groups is 5. The summed E-state index contributed by atoms with van der Waals surface area (Å²) in [4.78, 5) is 67.7. The highest BCUT2D eigenvalue weighted by molar-refractivity contribution is 6.38. The molecule has 16 nitrogen and oxygen atoms in total. The van der Waals surface area contributed by atoms with Gasteiger partial charge in [0.15, 0.2) is 11.5 Å². The molecule has 59 heavy (non-hydrogen) atoms. The molecule has 0 spiro atoms. The Hall–Kier alpha value is -6.27. The quantitative estimate of drug-likeness (QED) is 0.101. The molecular weight excluding hydrogens is 770 g/mol. The number of hydrogen-bond donors (Lipinski definition) is 4. The molecule has 4 heterocycles. The van der Waals surface area contributed by atoms with Crippen molar-refractivity contribution in [1.82, 2.24) is 40.7 Å². The minimum absolute atomic E-state index is 0.0676. The molecule has 4 atom stereocenters. The lowest BCUT2D eigenvalue weighted by Gasteiger charge is -2.25. The second-order valence-corrected chi connectivity index (χ2v) is 14.9. The third-order valence-electron chi connectivity index (χ3n) is 10.9. The van der Waals surface area contributed by atoms with Crippen molar-refractivity contribution in [3.05, 3.63) is 95.2 Å². The van der Waals surface area contributed by atoms with Crippen molar-refractivity contribution in [3.8, 4) is 22.8 Å². The summed E-state index contributed by atoms with van der Waals surface area (Å²) in [5.41, 5.74) is 5.24. The van der Waals surface area contributed by atoms with Gasteiger partial charge in [-0.2, -0.15) is 0 Å². The lowest BCUT2D eigenvalue weighted by molar-refractivity contribution is -0.144. The summed E-state index contributed by atoms with van der Waals surface area (Å²) in [5.74, 6) is -7.35. The standard InChI is InChI=1S/C41H44F2N8O8/c1-58-33-12-11-24(13-34(33)59-2)17-44-40(57)37(54)32-16-41(42,43)23-51(32)36(53)18-45-39(56)30-14-28(38(55)46-30)15-35(52)49-19-26-9-6-10-27(29(26)21-49)20-50-22-31(47-48-50)25-7-4-3-5-8-25/h3-13,22,28,30,32,39,45,56H,14-21,23H2,1-2H3,(H,44,57)(H,46,55)/t28-,30?,32?,39?/m0/s1. The molecule has 0 bridgehead atoms. The largest absolute Gasteiger partial charge is 0.493 e. The van der Waals surface area contributed by atoms with E-state index < -0.39 is 73.2 Å². The Morgan fingerprint density at radius 3 is 2.54 bits per heavy atom. The monoisotopic (exact) mass is 814 g/mol. The van der Waals surface area contributed by atoms with Gasteiger partial charge < -0.3 is 35.0 Å². The lowest BCUT2D eigenvalue weighted by Crippen LogP contribution is -2.52. The van der Waals surface area contributed by atoms with Gasteiger partial charge in [-0.25, -0.2) is 13.5 Å². The maximum absolute atomic E-state index is 14.6. The van der Waals surface area contributed by atoms with Crippen molar-refractivity contribution in [3.63, 3.8) is 0 Å². The van der Waals surface area contributed by atoms with Gasteiger partial charge in [-0.1, -0.05) is 59.8 Å². The van der Waals surface area contributed by atoms with Gasteiger partial charge >= 0.3 is 0 Å². The molecule has 3 aromatic carbocycles. The minimum atomic E-state index is -3.43. The average molecular weight is 815 g/mol. The van der Waals surface area contributed by atoms with E-state index in [9.17, 15) is 37.9 Å². The second-order valence-electron chi connectivity index (χ2n) is 14.9. The number of amides is 4. The summed E-state index contributed by atoms with van der Waals surface area (Å²) >= 11 is 0. The van der Waals surface area contributed by atoms with Gasteiger partial charge in [-0.15, -0.1) is 5.10 Å². The lowest BCUT2D eigenvalue weighted by atomic mass is 9.99. The van der Waals surface area contributed by atoms with Gasteiger partial charge in [0.2, 0.25) is 23.5 Å². The molecule has 4 amide bonds. The first-order valence-electron chi connectivity index (χ1n) is 19.1. The van der Waals surface area contributed by atoms with Crippen LogP contribution < -0.4 is 25.4 Å². The number of alkyl halides is 2. The number of carbonyl (C=O) groups excluding carboxylic acids is 5. The minimum Gasteiger partial charge on any atom is -0.493 e. The van der Waals surface area contributed by atoms with Crippen molar-refractivity contribution in [2.45, 2.75) is 69.7 Å². The summed E-state index contributed by atoms with van der Waals surface area (Å²) < 4.78 is 41.3. The molecule has 2 fully saturated rings. The fourth-order valence-electron chi connectivity index (χ4n) is 7.76. The van der Waals surface area contributed by atoms with Gasteiger partial charge in [0.1, 0.15) is 18.0 Å². The fourth-order valence-corrected chi connectivity index (χ4v) is 7.76. The Morgan fingerprint density at radius 1 is 1.00 bits per heavy atom. The number of aliphatic hydroxyl groups excluding tert-OH is 1. The number of nitrogens with zero attached hydrogens (tertiary/aromatic N) is 5. The number of hydrogen-bond acceptors (Lipinski definition) is 11. The van der Waals surface area contributed by atoms with E-state index in [0.717, 1.165) is 27.9 Å². The summed E-state index contributed by atoms with van der Waals surface area (Å²) in [7, 11) is 2.89. The van der Waals surface area contributed by atoms with Crippen LogP contribution in [-0.4, -0.2) is 111 Å². The zero-order valence-electron chi connectivity index (χ0n) is 32.4. The molecule has 0 radical (unpaired) electrons. The number of nitrogens with one attached hydrogen (secondary N) is 3. The zero-order chi connectivity index (χ0) is 41.8. The van der Waals surface area contributed by atoms with Crippen LogP contribution in [0.15, 0.2) is 72.9 Å². The van der Waals surface area contributed by atoms with Crippen molar-refractivity contribution in [1.29, 1.82) is 0 Å². The summed E-state index contributed by atoms with van der Waals surface area (Å²) in [6, 6.07) is 17.8. The van der Waals surface area contributed by atoms with Crippen LogP contribution in [0.3, 0.4) is 0 Å². The Bertz CT molecular complexity index is 2240. The van der Waals surface area contributed by atoms with Crippen LogP contribution in [0, 0.1) is 5.92 Å². The van der Waals surface area contributed by atoms with Crippen molar-refractivity contribution < 1.29 is 47.3 Å². The first-order chi connectivity index (χ1) is 28.3. The van der Waals surface area contributed by atoms with Crippen LogP contribution >= 0.6 is 0 Å². The average Bonchev–Trinajstić information content (AvgIpc) is 4.04. The van der Waals surface area contributed by atoms with Gasteiger partial charge in [0.25, 0.3) is 11.8 Å². The number of fused-ring (bicyclic) bond motifs is 1. The van der Waals surface area contributed by atoms with E-state index in [1.165, 1.54) is 14.2 Å². The van der Waals surface area contributed by atoms with Gasteiger partial charge in [-0.05, 0) is 40.8 Å². The number of likely N-dealkylation sites (tertiary alicyclic amines) is 1.